The molecule has 1 spiro atoms. The highest BCUT2D eigenvalue weighted by molar-refractivity contribution is 6.14. The molecular weight excluding hydrogens is 288 g/mol. The zero-order valence-corrected chi connectivity index (χ0v) is 13.8. The molecule has 1 aromatic rings. The molecule has 1 N–H and O–H groups in total. The SMILES string of the molecule is CC(C)CNC(=O)[C@H]1C[C@]12C(=O)N(CC1CC1)c1ccccc12. The van der Waals surface area contributed by atoms with Gasteiger partial charge in [-0.05, 0) is 42.7 Å². The molecule has 0 aromatic heterocycles. The molecule has 3 aliphatic rings. The van der Waals surface area contributed by atoms with Crippen molar-refractivity contribution in [3.05, 3.63) is 29.8 Å². The molecule has 1 aromatic carbocycles. The summed E-state index contributed by atoms with van der Waals surface area (Å²) in [5.74, 6) is 1.06. The lowest BCUT2D eigenvalue weighted by Crippen LogP contribution is -2.37. The first-order valence-electron chi connectivity index (χ1n) is 8.73. The largest absolute Gasteiger partial charge is 0.356 e. The number of hydrogen-bond acceptors (Lipinski definition) is 2. The third-order valence-corrected chi connectivity index (χ3v) is 5.40. The number of para-hydroxylation sites is 1. The third-order valence-electron chi connectivity index (χ3n) is 5.40. The number of carbonyl (C=O) groups is 2. The summed E-state index contributed by atoms with van der Waals surface area (Å²) < 4.78 is 0. The van der Waals surface area contributed by atoms with Crippen LogP contribution in [0.15, 0.2) is 24.3 Å². The van der Waals surface area contributed by atoms with E-state index in [0.717, 1.165) is 17.8 Å². The summed E-state index contributed by atoms with van der Waals surface area (Å²) in [4.78, 5) is 27.5. The summed E-state index contributed by atoms with van der Waals surface area (Å²) in [6.45, 7) is 5.65. The molecule has 23 heavy (non-hydrogen) atoms. The van der Waals surface area contributed by atoms with Crippen LogP contribution in [0, 0.1) is 17.8 Å². The maximum absolute atomic E-state index is 13.1. The topological polar surface area (TPSA) is 49.4 Å². The van der Waals surface area contributed by atoms with Gasteiger partial charge in [0.05, 0.1) is 11.3 Å². The fourth-order valence-electron chi connectivity index (χ4n) is 3.83. The number of anilines is 1. The Morgan fingerprint density at radius 3 is 2.78 bits per heavy atom. The maximum atomic E-state index is 13.1. The molecule has 0 saturated heterocycles. The minimum absolute atomic E-state index is 0.0372. The van der Waals surface area contributed by atoms with Gasteiger partial charge in [-0.1, -0.05) is 32.0 Å². The van der Waals surface area contributed by atoms with E-state index in [1.807, 2.05) is 29.2 Å². The molecule has 2 saturated carbocycles. The van der Waals surface area contributed by atoms with Crippen molar-refractivity contribution in [3.8, 4) is 0 Å². The number of amides is 2. The van der Waals surface area contributed by atoms with Crippen LogP contribution in [-0.2, 0) is 15.0 Å². The average Bonchev–Trinajstić information content (AvgIpc) is 3.43. The smallest absolute Gasteiger partial charge is 0.238 e. The number of fused-ring (bicyclic) bond motifs is 2. The summed E-state index contributed by atoms with van der Waals surface area (Å²) in [5.41, 5.74) is 1.52. The monoisotopic (exact) mass is 312 g/mol. The third kappa shape index (κ3) is 2.27. The minimum Gasteiger partial charge on any atom is -0.356 e. The lowest BCUT2D eigenvalue weighted by Gasteiger charge is -2.17. The predicted molar refractivity (Wildman–Crippen MR) is 89.2 cm³/mol. The zero-order chi connectivity index (χ0) is 16.2. The number of nitrogens with zero attached hydrogens (tertiary/aromatic N) is 1. The highest BCUT2D eigenvalue weighted by Gasteiger charge is 2.69. The Morgan fingerprint density at radius 1 is 1.35 bits per heavy atom. The Morgan fingerprint density at radius 2 is 2.09 bits per heavy atom. The molecule has 0 unspecified atom stereocenters. The fraction of sp³-hybridized carbons (Fsp3) is 0.579. The fourth-order valence-corrected chi connectivity index (χ4v) is 3.83. The molecule has 2 atom stereocenters. The van der Waals surface area contributed by atoms with Gasteiger partial charge in [-0.25, -0.2) is 0 Å². The van der Waals surface area contributed by atoms with Crippen molar-refractivity contribution in [2.45, 2.75) is 38.5 Å². The maximum Gasteiger partial charge on any atom is 0.238 e. The van der Waals surface area contributed by atoms with Crippen molar-refractivity contribution in [3.63, 3.8) is 0 Å². The normalized spacial score (nSPS) is 28.4. The van der Waals surface area contributed by atoms with Gasteiger partial charge in [0.15, 0.2) is 0 Å². The van der Waals surface area contributed by atoms with Gasteiger partial charge in [0.25, 0.3) is 0 Å². The summed E-state index contributed by atoms with van der Waals surface area (Å²) >= 11 is 0. The van der Waals surface area contributed by atoms with E-state index in [0.29, 0.717) is 24.8 Å². The standard InChI is InChI=1S/C19H24N2O2/c1-12(2)10-20-17(22)15-9-19(15)14-5-3-4-6-16(14)21(18(19)23)11-13-7-8-13/h3-6,12-13,15H,7-11H2,1-2H3,(H,20,22)/t15-,19-/m1/s1. The Labute approximate surface area is 137 Å². The van der Waals surface area contributed by atoms with Gasteiger partial charge in [-0.2, -0.15) is 0 Å². The van der Waals surface area contributed by atoms with Crippen molar-refractivity contribution in [2.75, 3.05) is 18.0 Å². The van der Waals surface area contributed by atoms with Crippen LogP contribution >= 0.6 is 0 Å². The van der Waals surface area contributed by atoms with E-state index in [-0.39, 0.29) is 17.7 Å². The van der Waals surface area contributed by atoms with E-state index in [1.165, 1.54) is 12.8 Å². The second-order valence-corrected chi connectivity index (χ2v) is 7.74. The minimum atomic E-state index is -0.577. The summed E-state index contributed by atoms with van der Waals surface area (Å²) in [6, 6.07) is 8.04. The van der Waals surface area contributed by atoms with E-state index < -0.39 is 5.41 Å². The van der Waals surface area contributed by atoms with E-state index in [4.69, 9.17) is 0 Å². The second kappa shape index (κ2) is 5.08. The molecule has 1 aliphatic heterocycles. The molecular formula is C19H24N2O2. The van der Waals surface area contributed by atoms with E-state index in [2.05, 4.69) is 19.2 Å². The van der Waals surface area contributed by atoms with E-state index in [9.17, 15) is 9.59 Å². The van der Waals surface area contributed by atoms with Crippen molar-refractivity contribution < 1.29 is 9.59 Å². The lowest BCUT2D eigenvalue weighted by atomic mass is 9.94. The molecule has 2 fully saturated rings. The van der Waals surface area contributed by atoms with Crippen LogP contribution in [0.1, 0.15) is 38.7 Å². The molecule has 4 rings (SSSR count). The molecule has 2 amide bonds. The second-order valence-electron chi connectivity index (χ2n) is 7.74. The van der Waals surface area contributed by atoms with Crippen LogP contribution in [0.2, 0.25) is 0 Å². The summed E-state index contributed by atoms with van der Waals surface area (Å²) in [6.07, 6.45) is 3.10. The van der Waals surface area contributed by atoms with Crippen LogP contribution < -0.4 is 10.2 Å². The molecule has 0 bridgehead atoms. The average molecular weight is 312 g/mol. The quantitative estimate of drug-likeness (QED) is 0.908. The Bertz CT molecular complexity index is 665. The first kappa shape index (κ1) is 14.7. The van der Waals surface area contributed by atoms with Crippen LogP contribution in [0.3, 0.4) is 0 Å². The van der Waals surface area contributed by atoms with E-state index >= 15 is 0 Å². The summed E-state index contributed by atoms with van der Waals surface area (Å²) in [5, 5.41) is 3.00. The zero-order valence-electron chi connectivity index (χ0n) is 13.8. The lowest BCUT2D eigenvalue weighted by molar-refractivity contribution is -0.126. The number of carbonyl (C=O) groups excluding carboxylic acids is 2. The van der Waals surface area contributed by atoms with Gasteiger partial charge in [-0.3, -0.25) is 9.59 Å². The van der Waals surface area contributed by atoms with Crippen LogP contribution in [0.5, 0.6) is 0 Å². The molecule has 1 heterocycles. The predicted octanol–water partition coefficient (Wildman–Crippen LogP) is 2.47. The van der Waals surface area contributed by atoms with Crippen molar-refractivity contribution in [1.82, 2.24) is 5.32 Å². The van der Waals surface area contributed by atoms with E-state index in [1.54, 1.807) is 0 Å². The number of hydrogen-bond donors (Lipinski definition) is 1. The van der Waals surface area contributed by atoms with Gasteiger partial charge in [0.1, 0.15) is 0 Å². The van der Waals surface area contributed by atoms with Crippen LogP contribution in [-0.4, -0.2) is 24.9 Å². The molecule has 0 radical (unpaired) electrons. The van der Waals surface area contributed by atoms with Crippen LogP contribution in [0.4, 0.5) is 5.69 Å². The first-order valence-corrected chi connectivity index (χ1v) is 8.73. The molecule has 4 heteroatoms. The first-order chi connectivity index (χ1) is 11.0. The Balaban J connectivity index is 1.59. The van der Waals surface area contributed by atoms with Gasteiger partial charge in [0, 0.05) is 18.8 Å². The number of rotatable bonds is 5. The van der Waals surface area contributed by atoms with Crippen molar-refractivity contribution >= 4 is 17.5 Å². The Hall–Kier alpha value is -1.84. The van der Waals surface area contributed by atoms with Gasteiger partial charge < -0.3 is 10.2 Å². The van der Waals surface area contributed by atoms with Gasteiger partial charge in [0.2, 0.25) is 11.8 Å². The molecule has 4 nitrogen and oxygen atoms in total. The number of benzene rings is 1. The Kier molecular flexibility index (Phi) is 3.26. The summed E-state index contributed by atoms with van der Waals surface area (Å²) in [7, 11) is 0. The number of nitrogens with one attached hydrogen (secondary N) is 1. The highest BCUT2D eigenvalue weighted by Crippen LogP contribution is 2.62. The van der Waals surface area contributed by atoms with Gasteiger partial charge >= 0.3 is 0 Å². The molecule has 122 valence electrons. The highest BCUT2D eigenvalue weighted by atomic mass is 16.2. The van der Waals surface area contributed by atoms with Crippen LogP contribution in [0.25, 0.3) is 0 Å². The van der Waals surface area contributed by atoms with Crippen molar-refractivity contribution in [1.29, 1.82) is 0 Å². The van der Waals surface area contributed by atoms with Gasteiger partial charge in [-0.15, -0.1) is 0 Å². The molecule has 2 aliphatic carbocycles. The van der Waals surface area contributed by atoms with Crippen molar-refractivity contribution in [2.24, 2.45) is 17.8 Å².